The van der Waals surface area contributed by atoms with Crippen molar-refractivity contribution in [2.24, 2.45) is 0 Å². The van der Waals surface area contributed by atoms with Crippen molar-refractivity contribution in [2.45, 2.75) is 0 Å². The molecule has 0 aliphatic rings. The fraction of sp³-hybridized carbons (Fsp3) is 0.0909. The summed E-state index contributed by atoms with van der Waals surface area (Å²) in [6.07, 6.45) is 0. The van der Waals surface area contributed by atoms with Gasteiger partial charge in [0.15, 0.2) is 0 Å². The second-order valence-corrected chi connectivity index (χ2v) is 6.01. The number of aromatic nitrogens is 2. The molecule has 0 amide bonds. The Morgan fingerprint density at radius 3 is 2.26 bits per heavy atom. The molecule has 5 heteroatoms. The van der Waals surface area contributed by atoms with Crippen LogP contribution in [0.25, 0.3) is 22.0 Å². The van der Waals surface area contributed by atoms with Gasteiger partial charge in [0.05, 0.1) is 12.1 Å². The molecule has 0 atom stereocenters. The molecular formula is C22H19N3O2. The van der Waals surface area contributed by atoms with Crippen LogP contribution in [-0.4, -0.2) is 28.2 Å². The van der Waals surface area contributed by atoms with Crippen LogP contribution in [0.5, 0.6) is 11.8 Å². The average molecular weight is 357 g/mol. The predicted octanol–water partition coefficient (Wildman–Crippen LogP) is 4.49. The SMILES string of the molecule is OCCNc1nc(Oc2ccc(-c3ccccc3)cc2)nc2ccccc12. The van der Waals surface area contributed by atoms with Crippen LogP contribution in [0.4, 0.5) is 5.82 Å². The van der Waals surface area contributed by atoms with Gasteiger partial charge in [-0.1, -0.05) is 54.6 Å². The maximum Gasteiger partial charge on any atom is 0.324 e. The summed E-state index contributed by atoms with van der Waals surface area (Å²) in [5, 5.41) is 13.1. The number of rotatable bonds is 6. The molecule has 2 N–H and O–H groups in total. The first kappa shape index (κ1) is 17.0. The van der Waals surface area contributed by atoms with Crippen LogP contribution < -0.4 is 10.1 Å². The lowest BCUT2D eigenvalue weighted by Gasteiger charge is -2.11. The number of nitrogens with zero attached hydrogens (tertiary/aromatic N) is 2. The fourth-order valence-electron chi connectivity index (χ4n) is 2.86. The van der Waals surface area contributed by atoms with Crippen LogP contribution in [0.2, 0.25) is 0 Å². The van der Waals surface area contributed by atoms with Gasteiger partial charge >= 0.3 is 6.01 Å². The minimum atomic E-state index is 0.0233. The highest BCUT2D eigenvalue weighted by molar-refractivity contribution is 5.89. The number of anilines is 1. The van der Waals surface area contributed by atoms with E-state index in [2.05, 4.69) is 27.4 Å². The van der Waals surface area contributed by atoms with Crippen LogP contribution in [0, 0.1) is 0 Å². The van der Waals surface area contributed by atoms with E-state index in [-0.39, 0.29) is 12.6 Å². The summed E-state index contributed by atoms with van der Waals surface area (Å²) in [6.45, 7) is 0.432. The van der Waals surface area contributed by atoms with E-state index in [1.165, 1.54) is 0 Å². The van der Waals surface area contributed by atoms with Crippen LogP contribution in [0.15, 0.2) is 78.9 Å². The highest BCUT2D eigenvalue weighted by Gasteiger charge is 2.09. The van der Waals surface area contributed by atoms with E-state index in [1.54, 1.807) is 0 Å². The first-order valence-electron chi connectivity index (χ1n) is 8.78. The maximum atomic E-state index is 9.09. The summed E-state index contributed by atoms with van der Waals surface area (Å²) in [5.41, 5.74) is 3.05. The van der Waals surface area contributed by atoms with Crippen molar-refractivity contribution in [3.63, 3.8) is 0 Å². The van der Waals surface area contributed by atoms with Crippen molar-refractivity contribution >= 4 is 16.7 Å². The molecule has 1 heterocycles. The molecule has 3 aromatic carbocycles. The zero-order valence-electron chi connectivity index (χ0n) is 14.7. The lowest BCUT2D eigenvalue weighted by Crippen LogP contribution is -2.08. The van der Waals surface area contributed by atoms with Crippen LogP contribution in [0.3, 0.4) is 0 Å². The third kappa shape index (κ3) is 3.88. The second kappa shape index (κ2) is 7.85. The Bertz CT molecular complexity index is 1030. The van der Waals surface area contributed by atoms with E-state index < -0.39 is 0 Å². The molecule has 4 rings (SSSR count). The Labute approximate surface area is 157 Å². The topological polar surface area (TPSA) is 67.3 Å². The van der Waals surface area contributed by atoms with Crippen molar-refractivity contribution in [3.8, 4) is 22.9 Å². The Hall–Kier alpha value is -3.44. The summed E-state index contributed by atoms with van der Waals surface area (Å²) < 4.78 is 5.87. The highest BCUT2D eigenvalue weighted by atomic mass is 16.5. The van der Waals surface area contributed by atoms with Gasteiger partial charge in [-0.3, -0.25) is 0 Å². The van der Waals surface area contributed by atoms with E-state index in [1.807, 2.05) is 66.7 Å². The summed E-state index contributed by atoms with van der Waals surface area (Å²) in [5.74, 6) is 1.31. The molecule has 0 spiro atoms. The number of hydrogen-bond donors (Lipinski definition) is 2. The molecule has 0 saturated heterocycles. The van der Waals surface area contributed by atoms with Crippen molar-refractivity contribution in [1.82, 2.24) is 9.97 Å². The Morgan fingerprint density at radius 2 is 1.48 bits per heavy atom. The molecule has 0 unspecified atom stereocenters. The first-order chi connectivity index (χ1) is 13.3. The average Bonchev–Trinajstić information content (AvgIpc) is 2.73. The number of fused-ring (bicyclic) bond motifs is 1. The van der Waals surface area contributed by atoms with Gasteiger partial charge in [0.25, 0.3) is 0 Å². The molecule has 0 saturated carbocycles. The van der Waals surface area contributed by atoms with Crippen molar-refractivity contribution < 1.29 is 9.84 Å². The smallest absolute Gasteiger partial charge is 0.324 e. The Balaban J connectivity index is 1.61. The van der Waals surface area contributed by atoms with E-state index in [9.17, 15) is 0 Å². The number of aliphatic hydroxyl groups excluding tert-OH is 1. The largest absolute Gasteiger partial charge is 0.424 e. The summed E-state index contributed by atoms with van der Waals surface area (Å²) >= 11 is 0. The van der Waals surface area contributed by atoms with Gasteiger partial charge in [-0.25, -0.2) is 0 Å². The molecule has 0 bridgehead atoms. The molecule has 0 fully saturated rings. The van der Waals surface area contributed by atoms with Crippen molar-refractivity contribution in [2.75, 3.05) is 18.5 Å². The lowest BCUT2D eigenvalue weighted by atomic mass is 10.1. The second-order valence-electron chi connectivity index (χ2n) is 6.01. The van der Waals surface area contributed by atoms with Gasteiger partial charge in [-0.15, -0.1) is 0 Å². The molecule has 134 valence electrons. The zero-order chi connectivity index (χ0) is 18.5. The van der Waals surface area contributed by atoms with Crippen LogP contribution in [-0.2, 0) is 0 Å². The summed E-state index contributed by atoms with van der Waals surface area (Å²) in [6, 6.07) is 26.0. The van der Waals surface area contributed by atoms with Gasteiger partial charge in [0.1, 0.15) is 11.6 Å². The molecule has 27 heavy (non-hydrogen) atoms. The molecule has 0 aliphatic heterocycles. The van der Waals surface area contributed by atoms with Gasteiger partial charge in [0.2, 0.25) is 0 Å². The van der Waals surface area contributed by atoms with E-state index in [0.29, 0.717) is 18.1 Å². The van der Waals surface area contributed by atoms with Gasteiger partial charge in [-0.05, 0) is 35.4 Å². The molecule has 0 radical (unpaired) electrons. The molecule has 5 nitrogen and oxygen atoms in total. The number of para-hydroxylation sites is 1. The van der Waals surface area contributed by atoms with Gasteiger partial charge in [-0.2, -0.15) is 9.97 Å². The monoisotopic (exact) mass is 357 g/mol. The minimum absolute atomic E-state index is 0.0233. The molecule has 4 aromatic rings. The summed E-state index contributed by atoms with van der Waals surface area (Å²) in [4.78, 5) is 8.94. The molecular weight excluding hydrogens is 338 g/mol. The minimum Gasteiger partial charge on any atom is -0.424 e. The van der Waals surface area contributed by atoms with E-state index >= 15 is 0 Å². The number of benzene rings is 3. The summed E-state index contributed by atoms with van der Waals surface area (Å²) in [7, 11) is 0. The third-order valence-electron chi connectivity index (χ3n) is 4.16. The van der Waals surface area contributed by atoms with Crippen LogP contribution in [0.1, 0.15) is 0 Å². The molecule has 1 aromatic heterocycles. The predicted molar refractivity (Wildman–Crippen MR) is 107 cm³/mol. The quantitative estimate of drug-likeness (QED) is 0.532. The first-order valence-corrected chi connectivity index (χ1v) is 8.78. The van der Waals surface area contributed by atoms with Crippen molar-refractivity contribution in [3.05, 3.63) is 78.9 Å². The van der Waals surface area contributed by atoms with E-state index in [4.69, 9.17) is 9.84 Å². The number of ether oxygens (including phenoxy) is 1. The number of hydrogen-bond acceptors (Lipinski definition) is 5. The lowest BCUT2D eigenvalue weighted by molar-refractivity contribution is 0.311. The van der Waals surface area contributed by atoms with Gasteiger partial charge in [0, 0.05) is 11.9 Å². The maximum absolute atomic E-state index is 9.09. The van der Waals surface area contributed by atoms with Crippen LogP contribution >= 0.6 is 0 Å². The number of nitrogens with one attached hydrogen (secondary N) is 1. The van der Waals surface area contributed by atoms with Crippen molar-refractivity contribution in [1.29, 1.82) is 0 Å². The Morgan fingerprint density at radius 1 is 0.778 bits per heavy atom. The third-order valence-corrected chi connectivity index (χ3v) is 4.16. The van der Waals surface area contributed by atoms with Gasteiger partial charge < -0.3 is 15.2 Å². The highest BCUT2D eigenvalue weighted by Crippen LogP contribution is 2.27. The zero-order valence-corrected chi connectivity index (χ0v) is 14.7. The Kier molecular flexibility index (Phi) is 4.94. The standard InChI is InChI=1S/C22H19N3O2/c26-15-14-23-21-19-8-4-5-9-20(19)24-22(25-21)27-18-12-10-17(11-13-18)16-6-2-1-3-7-16/h1-13,26H,14-15H2,(H,23,24,25). The normalized spacial score (nSPS) is 10.7. The number of aliphatic hydroxyl groups is 1. The fourth-order valence-corrected chi connectivity index (χ4v) is 2.86. The van der Waals surface area contributed by atoms with E-state index in [0.717, 1.165) is 22.0 Å². The molecule has 0 aliphatic carbocycles.